The minimum absolute atomic E-state index is 0.919. The van der Waals surface area contributed by atoms with Crippen LogP contribution >= 0.6 is 0 Å². The van der Waals surface area contributed by atoms with Crippen molar-refractivity contribution in [3.05, 3.63) is 30.0 Å². The zero-order chi connectivity index (χ0) is 9.84. The van der Waals surface area contributed by atoms with Crippen molar-refractivity contribution in [2.24, 2.45) is 0 Å². The molecule has 2 heterocycles. The van der Waals surface area contributed by atoms with Gasteiger partial charge in [-0.25, -0.2) is 4.98 Å². The molecule has 0 unspecified atom stereocenters. The second-order valence-corrected chi connectivity index (χ2v) is 2.59. The Morgan fingerprint density at radius 1 is 1.23 bits per heavy atom. The number of aromatic nitrogens is 3. The van der Waals surface area contributed by atoms with Crippen molar-refractivity contribution in [2.75, 3.05) is 0 Å². The zero-order valence-electron chi connectivity index (χ0n) is 8.57. The molecule has 0 aliphatic rings. The lowest BCUT2D eigenvalue weighted by molar-refractivity contribution is 1.07. The first-order valence-corrected chi connectivity index (χ1v) is 4.54. The lowest BCUT2D eigenvalue weighted by atomic mass is 10.4. The van der Waals surface area contributed by atoms with E-state index in [1.54, 1.807) is 12.4 Å². The van der Waals surface area contributed by atoms with Gasteiger partial charge in [-0.15, -0.1) is 0 Å². The van der Waals surface area contributed by atoms with E-state index in [2.05, 4.69) is 16.9 Å². The second-order valence-electron chi connectivity index (χ2n) is 2.59. The van der Waals surface area contributed by atoms with Gasteiger partial charge in [-0.05, 0) is 13.8 Å². The smallest absolute Gasteiger partial charge is 0.155 e. The first-order chi connectivity index (χ1) is 6.29. The van der Waals surface area contributed by atoms with Gasteiger partial charge in [0, 0.05) is 18.1 Å². The van der Waals surface area contributed by atoms with Gasteiger partial charge < -0.3 is 4.40 Å². The highest BCUT2D eigenvalue weighted by atomic mass is 15.0. The highest BCUT2D eigenvalue weighted by Gasteiger charge is 2.01. The zero-order valence-corrected chi connectivity index (χ0v) is 8.57. The summed E-state index contributed by atoms with van der Waals surface area (Å²) in [5.74, 6) is 0. The summed E-state index contributed by atoms with van der Waals surface area (Å²) in [5, 5.41) is 0. The fourth-order valence-electron chi connectivity index (χ4n) is 1.15. The minimum Gasteiger partial charge on any atom is -0.301 e. The summed E-state index contributed by atoms with van der Waals surface area (Å²) in [6, 6.07) is 0. The molecule has 0 spiro atoms. The lowest BCUT2D eigenvalue weighted by Crippen LogP contribution is -1.86. The molecule has 0 aliphatic carbocycles. The first kappa shape index (κ1) is 9.71. The summed E-state index contributed by atoms with van der Waals surface area (Å²) in [5.41, 5.74) is 3.17. The summed E-state index contributed by atoms with van der Waals surface area (Å²) >= 11 is 0. The average Bonchev–Trinajstić information content (AvgIpc) is 2.47. The third kappa shape index (κ3) is 1.69. The molecular weight excluding hydrogens is 162 g/mol. The van der Waals surface area contributed by atoms with Gasteiger partial charge in [-0.1, -0.05) is 13.8 Å². The molecule has 0 radical (unpaired) electrons. The monoisotopic (exact) mass is 177 g/mol. The maximum absolute atomic E-state index is 4.31. The van der Waals surface area contributed by atoms with Crippen molar-refractivity contribution in [2.45, 2.75) is 27.7 Å². The van der Waals surface area contributed by atoms with Crippen LogP contribution in [0.15, 0.2) is 18.6 Å². The van der Waals surface area contributed by atoms with Gasteiger partial charge >= 0.3 is 0 Å². The van der Waals surface area contributed by atoms with E-state index in [4.69, 9.17) is 0 Å². The highest BCUT2D eigenvalue weighted by molar-refractivity contribution is 5.39. The van der Waals surface area contributed by atoms with Gasteiger partial charge in [0.2, 0.25) is 0 Å². The van der Waals surface area contributed by atoms with Gasteiger partial charge in [0.1, 0.15) is 0 Å². The van der Waals surface area contributed by atoms with Gasteiger partial charge in [0.25, 0.3) is 0 Å². The molecule has 3 heteroatoms. The van der Waals surface area contributed by atoms with Crippen molar-refractivity contribution in [3.63, 3.8) is 0 Å². The molecule has 0 fully saturated rings. The van der Waals surface area contributed by atoms with Crippen molar-refractivity contribution in [1.29, 1.82) is 0 Å². The van der Waals surface area contributed by atoms with E-state index < -0.39 is 0 Å². The molecule has 0 aliphatic heterocycles. The molecule has 0 bridgehead atoms. The van der Waals surface area contributed by atoms with Crippen LogP contribution in [-0.4, -0.2) is 14.4 Å². The third-order valence-corrected chi connectivity index (χ3v) is 1.91. The fraction of sp³-hybridized carbons (Fsp3) is 0.400. The predicted molar refractivity (Wildman–Crippen MR) is 53.8 cm³/mol. The second kappa shape index (κ2) is 4.03. The van der Waals surface area contributed by atoms with Crippen LogP contribution in [0.3, 0.4) is 0 Å². The largest absolute Gasteiger partial charge is 0.301 e. The van der Waals surface area contributed by atoms with E-state index in [1.165, 1.54) is 5.69 Å². The minimum atomic E-state index is 0.919. The molecule has 0 N–H and O–H groups in total. The van der Waals surface area contributed by atoms with E-state index in [9.17, 15) is 0 Å². The lowest BCUT2D eigenvalue weighted by Gasteiger charge is -1.92. The Morgan fingerprint density at radius 3 is 2.54 bits per heavy atom. The van der Waals surface area contributed by atoms with Gasteiger partial charge in [0.15, 0.2) is 5.65 Å². The Kier molecular flexibility index (Phi) is 3.01. The van der Waals surface area contributed by atoms with Crippen LogP contribution in [0.25, 0.3) is 5.65 Å². The maximum atomic E-state index is 4.31. The maximum Gasteiger partial charge on any atom is 0.155 e. The predicted octanol–water partition coefficient (Wildman–Crippen LogP) is 2.37. The summed E-state index contributed by atoms with van der Waals surface area (Å²) < 4.78 is 2.03. The van der Waals surface area contributed by atoms with Crippen LogP contribution in [-0.2, 0) is 0 Å². The van der Waals surface area contributed by atoms with Crippen LogP contribution in [0.2, 0.25) is 0 Å². The molecule has 2 aromatic rings. The first-order valence-electron chi connectivity index (χ1n) is 4.54. The van der Waals surface area contributed by atoms with E-state index in [0.29, 0.717) is 0 Å². The van der Waals surface area contributed by atoms with Crippen LogP contribution in [0.4, 0.5) is 0 Å². The van der Waals surface area contributed by atoms with Crippen LogP contribution < -0.4 is 0 Å². The standard InChI is InChI=1S/C8H9N3.C2H6/c1-6-7(2)11-4-3-9-5-8(11)10-6;1-2/h3-5H,1-2H3;1-2H3. The number of aryl methyl sites for hydroxylation is 2. The number of imidazole rings is 1. The van der Waals surface area contributed by atoms with Crippen molar-refractivity contribution in [3.8, 4) is 0 Å². The summed E-state index contributed by atoms with van der Waals surface area (Å²) in [7, 11) is 0. The van der Waals surface area contributed by atoms with Crippen molar-refractivity contribution < 1.29 is 0 Å². The molecule has 0 saturated carbocycles. The molecule has 70 valence electrons. The molecule has 2 aromatic heterocycles. The SMILES string of the molecule is CC.Cc1nc2cnccn2c1C. The molecular formula is C10H15N3. The van der Waals surface area contributed by atoms with E-state index in [0.717, 1.165) is 11.3 Å². The average molecular weight is 177 g/mol. The van der Waals surface area contributed by atoms with Gasteiger partial charge in [-0.2, -0.15) is 0 Å². The fourth-order valence-corrected chi connectivity index (χ4v) is 1.15. The van der Waals surface area contributed by atoms with Crippen LogP contribution in [0, 0.1) is 13.8 Å². The quantitative estimate of drug-likeness (QED) is 0.618. The van der Waals surface area contributed by atoms with Crippen molar-refractivity contribution >= 4 is 5.65 Å². The Morgan fingerprint density at radius 2 is 1.92 bits per heavy atom. The number of hydrogen-bond acceptors (Lipinski definition) is 2. The van der Waals surface area contributed by atoms with E-state index in [-0.39, 0.29) is 0 Å². The molecule has 2 rings (SSSR count). The van der Waals surface area contributed by atoms with Crippen LogP contribution in [0.1, 0.15) is 25.2 Å². The summed E-state index contributed by atoms with van der Waals surface area (Å²) in [4.78, 5) is 8.30. The van der Waals surface area contributed by atoms with E-state index in [1.807, 2.05) is 31.4 Å². The van der Waals surface area contributed by atoms with E-state index >= 15 is 0 Å². The molecule has 3 nitrogen and oxygen atoms in total. The Bertz CT molecular complexity index is 390. The van der Waals surface area contributed by atoms with Crippen LogP contribution in [0.5, 0.6) is 0 Å². The van der Waals surface area contributed by atoms with Crippen molar-refractivity contribution in [1.82, 2.24) is 14.4 Å². The molecule has 13 heavy (non-hydrogen) atoms. The number of hydrogen-bond donors (Lipinski definition) is 0. The Balaban J connectivity index is 0.000000396. The molecule has 0 atom stereocenters. The highest BCUT2D eigenvalue weighted by Crippen LogP contribution is 2.07. The third-order valence-electron chi connectivity index (χ3n) is 1.91. The normalized spacial score (nSPS) is 9.54. The molecule has 0 amide bonds. The topological polar surface area (TPSA) is 30.2 Å². The Labute approximate surface area is 78.5 Å². The molecule has 0 saturated heterocycles. The molecule has 0 aromatic carbocycles. The number of rotatable bonds is 0. The Hall–Kier alpha value is -1.38. The van der Waals surface area contributed by atoms with Gasteiger partial charge in [0.05, 0.1) is 11.9 Å². The summed E-state index contributed by atoms with van der Waals surface area (Å²) in [6.07, 6.45) is 5.45. The summed E-state index contributed by atoms with van der Waals surface area (Å²) in [6.45, 7) is 8.05. The van der Waals surface area contributed by atoms with Gasteiger partial charge in [-0.3, -0.25) is 4.98 Å². The number of fused-ring (bicyclic) bond motifs is 1. The number of nitrogens with zero attached hydrogens (tertiary/aromatic N) is 3.